The molecule has 136 valence electrons. The highest BCUT2D eigenvalue weighted by Crippen LogP contribution is 2.34. The SMILES string of the molecule is Cn1cccc1C=C1C(=O)c2ccccc2S(=O)(=O)N1Cc1ccncc1. The van der Waals surface area contributed by atoms with Crippen molar-refractivity contribution in [3.05, 3.63) is 89.6 Å². The van der Waals surface area contributed by atoms with Crippen LogP contribution in [0.25, 0.3) is 6.08 Å². The van der Waals surface area contributed by atoms with Crippen molar-refractivity contribution in [3.63, 3.8) is 0 Å². The highest BCUT2D eigenvalue weighted by atomic mass is 32.2. The van der Waals surface area contributed by atoms with E-state index in [9.17, 15) is 13.2 Å². The first-order valence-corrected chi connectivity index (χ1v) is 9.81. The number of carbonyl (C=O) groups is 1. The summed E-state index contributed by atoms with van der Waals surface area (Å²) in [5.74, 6) is -0.310. The molecule has 4 rings (SSSR count). The van der Waals surface area contributed by atoms with Gasteiger partial charge in [-0.25, -0.2) is 8.42 Å². The van der Waals surface area contributed by atoms with Crippen LogP contribution in [0.15, 0.2) is 77.7 Å². The van der Waals surface area contributed by atoms with Crippen LogP contribution >= 0.6 is 0 Å². The van der Waals surface area contributed by atoms with E-state index >= 15 is 0 Å². The lowest BCUT2D eigenvalue weighted by Gasteiger charge is -2.31. The van der Waals surface area contributed by atoms with E-state index in [-0.39, 0.29) is 28.5 Å². The number of hydrogen-bond acceptors (Lipinski definition) is 4. The third-order valence-electron chi connectivity index (χ3n) is 4.55. The van der Waals surface area contributed by atoms with Gasteiger partial charge in [0, 0.05) is 36.9 Å². The van der Waals surface area contributed by atoms with Gasteiger partial charge >= 0.3 is 0 Å². The Hall–Kier alpha value is -3.19. The zero-order chi connectivity index (χ0) is 19.0. The molecule has 0 spiro atoms. The van der Waals surface area contributed by atoms with Gasteiger partial charge in [0.15, 0.2) is 0 Å². The molecule has 0 saturated carbocycles. The Bertz CT molecular complexity index is 1150. The minimum absolute atomic E-state index is 0.0353. The highest BCUT2D eigenvalue weighted by molar-refractivity contribution is 7.89. The Labute approximate surface area is 157 Å². The number of aromatic nitrogens is 2. The minimum Gasteiger partial charge on any atom is -0.351 e. The van der Waals surface area contributed by atoms with Crippen LogP contribution in [0.3, 0.4) is 0 Å². The molecular weight excluding hydrogens is 362 g/mol. The molecule has 1 aliphatic rings. The van der Waals surface area contributed by atoms with E-state index in [1.807, 2.05) is 29.9 Å². The molecule has 0 N–H and O–H groups in total. The van der Waals surface area contributed by atoms with Crippen LogP contribution in [0.4, 0.5) is 0 Å². The number of sulfonamides is 1. The minimum atomic E-state index is -3.86. The molecule has 0 bridgehead atoms. The maximum atomic E-state index is 13.3. The largest absolute Gasteiger partial charge is 0.351 e. The number of rotatable bonds is 3. The summed E-state index contributed by atoms with van der Waals surface area (Å²) in [5, 5.41) is 0. The van der Waals surface area contributed by atoms with Gasteiger partial charge in [-0.15, -0.1) is 0 Å². The fourth-order valence-corrected chi connectivity index (χ4v) is 4.74. The van der Waals surface area contributed by atoms with Crippen molar-refractivity contribution in [2.75, 3.05) is 0 Å². The first-order valence-electron chi connectivity index (χ1n) is 8.37. The Balaban J connectivity index is 1.92. The van der Waals surface area contributed by atoms with Crippen LogP contribution < -0.4 is 0 Å². The molecule has 0 saturated heterocycles. The molecule has 6 nitrogen and oxygen atoms in total. The summed E-state index contributed by atoms with van der Waals surface area (Å²) in [5.41, 5.74) is 1.82. The average Bonchev–Trinajstić information content (AvgIpc) is 3.08. The molecular formula is C20H17N3O3S. The van der Waals surface area contributed by atoms with Gasteiger partial charge in [0.1, 0.15) is 5.70 Å². The van der Waals surface area contributed by atoms with E-state index in [0.29, 0.717) is 0 Å². The third-order valence-corrected chi connectivity index (χ3v) is 6.36. The van der Waals surface area contributed by atoms with E-state index in [1.165, 1.54) is 10.4 Å². The van der Waals surface area contributed by atoms with E-state index in [2.05, 4.69) is 4.98 Å². The lowest BCUT2D eigenvalue weighted by atomic mass is 10.1. The fourth-order valence-electron chi connectivity index (χ4n) is 3.10. The number of ketones is 1. The van der Waals surface area contributed by atoms with Gasteiger partial charge < -0.3 is 4.57 Å². The van der Waals surface area contributed by atoms with E-state index < -0.39 is 10.0 Å². The number of fused-ring (bicyclic) bond motifs is 1. The van der Waals surface area contributed by atoms with Crippen molar-refractivity contribution < 1.29 is 13.2 Å². The van der Waals surface area contributed by atoms with Crippen LogP contribution in [0.2, 0.25) is 0 Å². The second kappa shape index (κ2) is 6.51. The zero-order valence-electron chi connectivity index (χ0n) is 14.6. The number of aryl methyl sites for hydroxylation is 1. The predicted octanol–water partition coefficient (Wildman–Crippen LogP) is 2.85. The predicted molar refractivity (Wildman–Crippen MR) is 101 cm³/mol. The molecule has 0 fully saturated rings. The molecule has 0 unspecified atom stereocenters. The first kappa shape index (κ1) is 17.2. The lowest BCUT2D eigenvalue weighted by molar-refractivity contribution is 0.100. The summed E-state index contributed by atoms with van der Waals surface area (Å²) in [6, 6.07) is 13.5. The van der Waals surface area contributed by atoms with Gasteiger partial charge in [0.05, 0.1) is 11.4 Å². The average molecular weight is 379 g/mol. The van der Waals surface area contributed by atoms with Crippen molar-refractivity contribution in [1.82, 2.24) is 13.9 Å². The van der Waals surface area contributed by atoms with Gasteiger partial charge in [-0.05, 0) is 48.0 Å². The summed E-state index contributed by atoms with van der Waals surface area (Å²) in [7, 11) is -2.02. The van der Waals surface area contributed by atoms with Gasteiger partial charge in [0.2, 0.25) is 5.78 Å². The van der Waals surface area contributed by atoms with E-state index in [4.69, 9.17) is 0 Å². The van der Waals surface area contributed by atoms with Crippen molar-refractivity contribution in [1.29, 1.82) is 0 Å². The molecule has 7 heteroatoms. The van der Waals surface area contributed by atoms with Crippen LogP contribution in [0.1, 0.15) is 21.6 Å². The normalized spacial score (nSPS) is 17.1. The molecule has 0 radical (unpaired) electrons. The smallest absolute Gasteiger partial charge is 0.265 e. The van der Waals surface area contributed by atoms with Gasteiger partial charge in [-0.3, -0.25) is 14.1 Å². The number of Topliss-reactive ketones (excluding diaryl/α,β-unsaturated/α-hetero) is 1. The summed E-state index contributed by atoms with van der Waals surface area (Å²) < 4.78 is 29.6. The van der Waals surface area contributed by atoms with Crippen LogP contribution in [-0.4, -0.2) is 28.1 Å². The molecule has 3 heterocycles. The quantitative estimate of drug-likeness (QED) is 0.656. The first-order chi connectivity index (χ1) is 13.0. The Morgan fingerprint density at radius 2 is 1.78 bits per heavy atom. The van der Waals surface area contributed by atoms with Crippen molar-refractivity contribution in [3.8, 4) is 0 Å². The fraction of sp³-hybridized carbons (Fsp3) is 0.100. The van der Waals surface area contributed by atoms with Crippen molar-refractivity contribution >= 4 is 21.9 Å². The monoisotopic (exact) mass is 379 g/mol. The summed E-state index contributed by atoms with van der Waals surface area (Å²) in [4.78, 5) is 17.1. The van der Waals surface area contributed by atoms with Crippen molar-refractivity contribution in [2.24, 2.45) is 7.05 Å². The Morgan fingerprint density at radius 1 is 1.04 bits per heavy atom. The van der Waals surface area contributed by atoms with Gasteiger partial charge in [0.25, 0.3) is 10.0 Å². The molecule has 0 amide bonds. The van der Waals surface area contributed by atoms with E-state index in [0.717, 1.165) is 11.3 Å². The van der Waals surface area contributed by atoms with Crippen LogP contribution in [0, 0.1) is 0 Å². The molecule has 1 aliphatic heterocycles. The maximum absolute atomic E-state index is 13.3. The third kappa shape index (κ3) is 2.96. The number of benzene rings is 1. The zero-order valence-corrected chi connectivity index (χ0v) is 15.4. The summed E-state index contributed by atoms with van der Waals surface area (Å²) >= 11 is 0. The van der Waals surface area contributed by atoms with E-state index in [1.54, 1.807) is 48.8 Å². The molecule has 0 aliphatic carbocycles. The molecule has 2 aromatic heterocycles. The Kier molecular flexibility index (Phi) is 4.16. The van der Waals surface area contributed by atoms with Gasteiger partial charge in [-0.1, -0.05) is 12.1 Å². The number of pyridine rings is 1. The standard InChI is InChI=1S/C20H17N3O3S/c1-22-12-4-5-16(22)13-18-20(24)17-6-2-3-7-19(17)27(25,26)23(18)14-15-8-10-21-11-9-15/h2-13H,14H2,1H3. The summed E-state index contributed by atoms with van der Waals surface area (Å²) in [6.07, 6.45) is 6.66. The van der Waals surface area contributed by atoms with Gasteiger partial charge in [-0.2, -0.15) is 0 Å². The molecule has 27 heavy (non-hydrogen) atoms. The topological polar surface area (TPSA) is 72.3 Å². The summed E-state index contributed by atoms with van der Waals surface area (Å²) in [6.45, 7) is 0.0567. The maximum Gasteiger partial charge on any atom is 0.265 e. The van der Waals surface area contributed by atoms with Crippen LogP contribution in [-0.2, 0) is 23.6 Å². The second-order valence-corrected chi connectivity index (χ2v) is 8.10. The molecule has 0 atom stereocenters. The number of carbonyl (C=O) groups excluding carboxylic acids is 1. The van der Waals surface area contributed by atoms with Crippen LogP contribution in [0.5, 0.6) is 0 Å². The lowest BCUT2D eigenvalue weighted by Crippen LogP contribution is -2.38. The highest BCUT2D eigenvalue weighted by Gasteiger charge is 2.39. The molecule has 1 aromatic carbocycles. The number of nitrogens with zero attached hydrogens (tertiary/aromatic N) is 3. The number of allylic oxidation sites excluding steroid dienone is 1. The molecule has 3 aromatic rings. The number of hydrogen-bond donors (Lipinski definition) is 0. The Morgan fingerprint density at radius 3 is 2.48 bits per heavy atom. The second-order valence-electron chi connectivity index (χ2n) is 6.27. The van der Waals surface area contributed by atoms with Crippen molar-refractivity contribution in [2.45, 2.75) is 11.4 Å².